The first-order chi connectivity index (χ1) is 18.9. The van der Waals surface area contributed by atoms with E-state index in [4.69, 9.17) is 10.5 Å². The van der Waals surface area contributed by atoms with Crippen LogP contribution >= 0.6 is 0 Å². The molecule has 0 aliphatic carbocycles. The van der Waals surface area contributed by atoms with Crippen LogP contribution in [0.4, 0.5) is 28.9 Å². The molecule has 1 unspecified atom stereocenters. The average Bonchev–Trinajstić information content (AvgIpc) is 2.93. The average molecular weight is 552 g/mol. The van der Waals surface area contributed by atoms with Crippen molar-refractivity contribution in [1.82, 2.24) is 4.90 Å². The highest BCUT2D eigenvalue weighted by Crippen LogP contribution is 2.34. The summed E-state index contributed by atoms with van der Waals surface area (Å²) < 4.78 is 53.4. The Kier molecular flexibility index (Phi) is 8.10. The van der Waals surface area contributed by atoms with Crippen molar-refractivity contribution in [2.75, 3.05) is 42.9 Å². The second kappa shape index (κ2) is 11.3. The van der Waals surface area contributed by atoms with Gasteiger partial charge < -0.3 is 15.3 Å². The molecule has 1 saturated heterocycles. The van der Waals surface area contributed by atoms with E-state index >= 15 is 0 Å². The van der Waals surface area contributed by atoms with Crippen LogP contribution in [0.3, 0.4) is 0 Å². The number of nitrogens with zero attached hydrogens (tertiary/aromatic N) is 4. The van der Waals surface area contributed by atoms with Crippen molar-refractivity contribution >= 4 is 17.3 Å². The number of halogens is 4. The van der Waals surface area contributed by atoms with Crippen molar-refractivity contribution in [2.45, 2.75) is 18.7 Å². The summed E-state index contributed by atoms with van der Waals surface area (Å²) in [5, 5.41) is 31.1. The first kappa shape index (κ1) is 28.6. The summed E-state index contributed by atoms with van der Waals surface area (Å²) in [6.07, 6.45) is -4.77. The molecule has 0 bridgehead atoms. The van der Waals surface area contributed by atoms with Crippen LogP contribution in [0.2, 0.25) is 0 Å². The van der Waals surface area contributed by atoms with Crippen LogP contribution in [0.15, 0.2) is 60.7 Å². The fourth-order valence-corrected chi connectivity index (χ4v) is 4.55. The number of hydrogen-bond acceptors (Lipinski definition) is 6. The molecule has 0 radical (unpaired) electrons. The van der Waals surface area contributed by atoms with Gasteiger partial charge in [0.1, 0.15) is 11.9 Å². The Morgan fingerprint density at radius 1 is 0.925 bits per heavy atom. The summed E-state index contributed by atoms with van der Waals surface area (Å²) in [5.41, 5.74) is -1.28. The maximum Gasteiger partial charge on any atom is 0.417 e. The number of hydrogen-bond donors (Lipinski definition) is 2. The maximum absolute atomic E-state index is 13.6. The zero-order valence-electron chi connectivity index (χ0n) is 21.5. The topological polar surface area (TPSA) is 103 Å². The van der Waals surface area contributed by atoms with E-state index in [-0.39, 0.29) is 17.8 Å². The van der Waals surface area contributed by atoms with Gasteiger partial charge in [-0.15, -0.1) is 0 Å². The number of benzene rings is 3. The van der Waals surface area contributed by atoms with Crippen LogP contribution in [0, 0.1) is 28.5 Å². The van der Waals surface area contributed by atoms with Crippen molar-refractivity contribution in [2.24, 2.45) is 0 Å². The summed E-state index contributed by atoms with van der Waals surface area (Å²) in [5.74, 6) is -1.43. The number of aliphatic hydroxyl groups is 1. The van der Waals surface area contributed by atoms with Gasteiger partial charge in [0.2, 0.25) is 0 Å². The number of nitriles is 2. The lowest BCUT2D eigenvalue weighted by Crippen LogP contribution is -2.54. The maximum atomic E-state index is 13.6. The molecule has 3 aromatic rings. The van der Waals surface area contributed by atoms with Crippen LogP contribution in [0.5, 0.6) is 0 Å². The number of β-amino-alcohol motifs (C(OH)–C–C–N with tert-alkyl or cyclic N) is 1. The highest BCUT2D eigenvalue weighted by Gasteiger charge is 2.36. The van der Waals surface area contributed by atoms with Gasteiger partial charge in [0.15, 0.2) is 5.60 Å². The Bertz CT molecular complexity index is 1480. The number of alkyl halides is 3. The lowest BCUT2D eigenvalue weighted by molar-refractivity contribution is -0.138. The van der Waals surface area contributed by atoms with Gasteiger partial charge >= 0.3 is 6.18 Å². The van der Waals surface area contributed by atoms with Crippen molar-refractivity contribution < 1.29 is 27.5 Å². The molecule has 206 valence electrons. The van der Waals surface area contributed by atoms with E-state index in [9.17, 15) is 27.5 Å². The molecule has 3 aromatic carbocycles. The summed E-state index contributed by atoms with van der Waals surface area (Å²) in [4.78, 5) is 16.8. The number of carbonyl (C=O) groups is 1. The van der Waals surface area contributed by atoms with E-state index in [1.807, 2.05) is 35.2 Å². The molecular weight excluding hydrogens is 526 g/mol. The Morgan fingerprint density at radius 2 is 1.55 bits per heavy atom. The van der Waals surface area contributed by atoms with E-state index in [0.717, 1.165) is 22.9 Å². The minimum Gasteiger partial charge on any atom is -0.379 e. The molecule has 1 aliphatic rings. The smallest absolute Gasteiger partial charge is 0.379 e. The van der Waals surface area contributed by atoms with E-state index in [2.05, 4.69) is 10.2 Å². The van der Waals surface area contributed by atoms with Crippen LogP contribution < -0.4 is 10.2 Å². The first-order valence-corrected chi connectivity index (χ1v) is 12.3. The highest BCUT2D eigenvalue weighted by molar-refractivity contribution is 5.97. The van der Waals surface area contributed by atoms with Gasteiger partial charge in [-0.3, -0.25) is 9.69 Å². The Balaban J connectivity index is 1.34. The number of rotatable bonds is 6. The largest absolute Gasteiger partial charge is 0.417 e. The number of anilines is 2. The van der Waals surface area contributed by atoms with Gasteiger partial charge in [0, 0.05) is 44.1 Å². The molecule has 1 aliphatic heterocycles. The van der Waals surface area contributed by atoms with Crippen molar-refractivity contribution in [3.63, 3.8) is 0 Å². The van der Waals surface area contributed by atoms with Crippen LogP contribution in [0.1, 0.15) is 23.6 Å². The SMILES string of the molecule is CC(O)(CN1CCN(c2ccc(-c3ccc(F)c(C#N)c3)cc2)CC1)C(=O)Nc1ccc(C#N)c(C(F)(F)F)c1. The Hall–Kier alpha value is -4.45. The van der Waals surface area contributed by atoms with Gasteiger partial charge in [0.25, 0.3) is 5.91 Å². The summed E-state index contributed by atoms with van der Waals surface area (Å²) in [6.45, 7) is 3.55. The lowest BCUT2D eigenvalue weighted by atomic mass is 10.0. The fourth-order valence-electron chi connectivity index (χ4n) is 4.55. The Morgan fingerprint density at radius 3 is 2.15 bits per heavy atom. The molecule has 1 fully saturated rings. The van der Waals surface area contributed by atoms with Gasteiger partial charge in [0.05, 0.1) is 22.8 Å². The molecular formula is C29H25F4N5O2. The summed E-state index contributed by atoms with van der Waals surface area (Å²) in [6, 6.07) is 18.2. The lowest BCUT2D eigenvalue weighted by Gasteiger charge is -2.38. The molecule has 0 saturated carbocycles. The minimum atomic E-state index is -4.77. The molecule has 1 heterocycles. The van der Waals surface area contributed by atoms with E-state index in [1.54, 1.807) is 6.07 Å². The number of carbonyl (C=O) groups excluding carboxylic acids is 1. The van der Waals surface area contributed by atoms with Gasteiger partial charge in [-0.25, -0.2) is 4.39 Å². The van der Waals surface area contributed by atoms with Gasteiger partial charge in [-0.2, -0.15) is 23.7 Å². The Labute approximate surface area is 228 Å². The highest BCUT2D eigenvalue weighted by atomic mass is 19.4. The first-order valence-electron chi connectivity index (χ1n) is 12.3. The third-order valence-corrected chi connectivity index (χ3v) is 6.75. The third-order valence-electron chi connectivity index (χ3n) is 6.75. The second-order valence-corrected chi connectivity index (χ2v) is 9.71. The molecule has 11 heteroatoms. The van der Waals surface area contributed by atoms with Crippen molar-refractivity contribution in [3.8, 4) is 23.3 Å². The zero-order chi connectivity index (χ0) is 29.1. The predicted octanol–water partition coefficient (Wildman–Crippen LogP) is 4.77. The van der Waals surface area contributed by atoms with Gasteiger partial charge in [-0.05, 0) is 60.5 Å². The molecule has 1 atom stereocenters. The number of piperazine rings is 1. The second-order valence-electron chi connectivity index (χ2n) is 9.71. The van der Waals surface area contributed by atoms with Crippen molar-refractivity contribution in [3.05, 3.63) is 83.2 Å². The molecule has 4 rings (SSSR count). The standard InChI is InChI=1S/C29H25F4N5O2/c1-28(40,27(39)36-23-6-2-21(16-34)25(15-23)29(31,32)33)18-37-10-12-38(13-11-37)24-7-3-19(4-8-24)20-5-9-26(30)22(14-20)17-35/h2-9,14-15,40H,10-13,18H2,1H3,(H,36,39). The molecule has 7 nitrogen and oxygen atoms in total. The van der Waals surface area contributed by atoms with E-state index in [0.29, 0.717) is 32.2 Å². The van der Waals surface area contributed by atoms with E-state index < -0.39 is 34.6 Å². The van der Waals surface area contributed by atoms with Gasteiger partial charge in [-0.1, -0.05) is 18.2 Å². The van der Waals surface area contributed by atoms with Crippen LogP contribution in [0.25, 0.3) is 11.1 Å². The minimum absolute atomic E-state index is 0.0229. The normalized spacial score (nSPS) is 15.6. The number of nitrogens with one attached hydrogen (secondary N) is 1. The van der Waals surface area contributed by atoms with Crippen molar-refractivity contribution in [1.29, 1.82) is 10.5 Å². The quantitative estimate of drug-likeness (QED) is 0.428. The molecule has 40 heavy (non-hydrogen) atoms. The number of amides is 1. The van der Waals surface area contributed by atoms with Crippen LogP contribution in [-0.4, -0.2) is 54.2 Å². The fraction of sp³-hybridized carbons (Fsp3) is 0.276. The molecule has 0 aromatic heterocycles. The summed E-state index contributed by atoms with van der Waals surface area (Å²) >= 11 is 0. The third kappa shape index (κ3) is 6.40. The predicted molar refractivity (Wildman–Crippen MR) is 141 cm³/mol. The van der Waals surface area contributed by atoms with Crippen LogP contribution in [-0.2, 0) is 11.0 Å². The van der Waals surface area contributed by atoms with E-state index in [1.165, 1.54) is 31.2 Å². The zero-order valence-corrected chi connectivity index (χ0v) is 21.5. The summed E-state index contributed by atoms with van der Waals surface area (Å²) in [7, 11) is 0. The molecule has 2 N–H and O–H groups in total. The molecule has 0 spiro atoms. The molecule has 1 amide bonds. The monoisotopic (exact) mass is 551 g/mol.